The van der Waals surface area contributed by atoms with Gasteiger partial charge in [0.05, 0.1) is 18.2 Å². The fraction of sp³-hybridized carbons (Fsp3) is 0.348. The van der Waals surface area contributed by atoms with Gasteiger partial charge in [0.25, 0.3) is 0 Å². The molecule has 0 radical (unpaired) electrons. The summed E-state index contributed by atoms with van der Waals surface area (Å²) in [5, 5.41) is 0.295. The zero-order valence-electron chi connectivity index (χ0n) is 16.5. The van der Waals surface area contributed by atoms with Crippen LogP contribution in [0.5, 0.6) is 5.75 Å². The van der Waals surface area contributed by atoms with E-state index in [1.165, 1.54) is 11.1 Å². The Kier molecular flexibility index (Phi) is 5.93. The number of fused-ring (bicyclic) bond motifs is 2. The summed E-state index contributed by atoms with van der Waals surface area (Å²) in [6.45, 7) is 6.63. The van der Waals surface area contributed by atoms with Crippen LogP contribution in [0.4, 0.5) is 0 Å². The number of hydrogen-bond acceptors (Lipinski definition) is 5. The maximum atomic E-state index is 12.7. The van der Waals surface area contributed by atoms with Crippen molar-refractivity contribution in [1.82, 2.24) is 0 Å². The van der Waals surface area contributed by atoms with Gasteiger partial charge in [-0.05, 0) is 57.9 Å². The van der Waals surface area contributed by atoms with Gasteiger partial charge in [0, 0.05) is 0 Å². The molecule has 1 heterocycles. The van der Waals surface area contributed by atoms with Crippen molar-refractivity contribution in [1.29, 1.82) is 0 Å². The number of carbonyl (C=O) groups is 2. The minimum atomic E-state index is -0.469. The van der Waals surface area contributed by atoms with Crippen molar-refractivity contribution >= 4 is 22.5 Å². The lowest BCUT2D eigenvalue weighted by atomic mass is 9.93. The first kappa shape index (κ1) is 19.8. The van der Waals surface area contributed by atoms with Gasteiger partial charge in [0.2, 0.25) is 5.43 Å². The molecule has 1 aliphatic rings. The molecule has 146 valence electrons. The summed E-state index contributed by atoms with van der Waals surface area (Å²) in [7, 11) is 0. The van der Waals surface area contributed by atoms with Crippen LogP contribution in [0.3, 0.4) is 0 Å². The lowest BCUT2D eigenvalue weighted by Gasteiger charge is -2.13. The molecule has 0 saturated heterocycles. The Morgan fingerprint density at radius 3 is 2.64 bits per heavy atom. The van der Waals surface area contributed by atoms with Crippen LogP contribution in [0.25, 0.3) is 11.0 Å². The van der Waals surface area contributed by atoms with Crippen LogP contribution >= 0.6 is 0 Å². The molecule has 1 aromatic heterocycles. The van der Waals surface area contributed by atoms with E-state index in [0.29, 0.717) is 23.3 Å². The average molecular weight is 380 g/mol. The van der Waals surface area contributed by atoms with Crippen molar-refractivity contribution in [3.05, 3.63) is 63.0 Å². The number of ether oxygens (including phenoxy) is 1. The highest BCUT2D eigenvalue weighted by Gasteiger charge is 2.29. The van der Waals surface area contributed by atoms with Crippen molar-refractivity contribution in [2.24, 2.45) is 0 Å². The average Bonchev–Trinajstić information content (AvgIpc) is 2.61. The van der Waals surface area contributed by atoms with E-state index in [1.54, 1.807) is 18.2 Å². The molecule has 3 rings (SSSR count). The van der Waals surface area contributed by atoms with Crippen molar-refractivity contribution in [2.45, 2.75) is 46.5 Å². The summed E-state index contributed by atoms with van der Waals surface area (Å²) in [5.41, 5.74) is 2.50. The van der Waals surface area contributed by atoms with Crippen molar-refractivity contribution < 1.29 is 18.7 Å². The summed E-state index contributed by atoms with van der Waals surface area (Å²) < 4.78 is 11.4. The van der Waals surface area contributed by atoms with Crippen molar-refractivity contribution in [2.75, 3.05) is 6.61 Å². The third-order valence-corrected chi connectivity index (χ3v) is 4.70. The number of benzene rings is 1. The van der Waals surface area contributed by atoms with E-state index < -0.39 is 11.2 Å². The molecular formula is C23H24O5. The van der Waals surface area contributed by atoms with E-state index in [9.17, 15) is 14.4 Å². The summed E-state index contributed by atoms with van der Waals surface area (Å²) in [5.74, 6) is 0.00428. The van der Waals surface area contributed by atoms with Crippen molar-refractivity contribution in [3.8, 4) is 5.75 Å². The third-order valence-electron chi connectivity index (χ3n) is 4.70. The van der Waals surface area contributed by atoms with Crippen LogP contribution in [0.15, 0.2) is 50.7 Å². The molecule has 1 aromatic carbocycles. The molecule has 0 amide bonds. The second kappa shape index (κ2) is 8.38. The fourth-order valence-corrected chi connectivity index (χ4v) is 3.20. The molecule has 0 atom stereocenters. The van der Waals surface area contributed by atoms with Gasteiger partial charge < -0.3 is 9.15 Å². The molecule has 0 bridgehead atoms. The normalized spacial score (nSPS) is 14.2. The summed E-state index contributed by atoms with van der Waals surface area (Å²) >= 11 is 0. The zero-order chi connectivity index (χ0) is 20.3. The van der Waals surface area contributed by atoms with E-state index in [1.807, 2.05) is 6.08 Å². The summed E-state index contributed by atoms with van der Waals surface area (Å²) in [4.78, 5) is 36.4. The number of ketones is 2. The molecule has 2 aromatic rings. The van der Waals surface area contributed by atoms with Gasteiger partial charge in [0.15, 0.2) is 5.78 Å². The Morgan fingerprint density at radius 1 is 1.11 bits per heavy atom. The third kappa shape index (κ3) is 4.47. The molecule has 0 fully saturated rings. The van der Waals surface area contributed by atoms with Gasteiger partial charge in [-0.15, -0.1) is 0 Å². The number of allylic oxidation sites excluding steroid dienone is 3. The predicted molar refractivity (Wildman–Crippen MR) is 108 cm³/mol. The molecule has 0 spiro atoms. The Bertz CT molecular complexity index is 1050. The van der Waals surface area contributed by atoms with Gasteiger partial charge in [-0.3, -0.25) is 14.4 Å². The lowest BCUT2D eigenvalue weighted by Crippen LogP contribution is -2.27. The summed E-state index contributed by atoms with van der Waals surface area (Å²) in [6, 6.07) is 4.95. The number of hydrogen-bond donors (Lipinski definition) is 0. The fourth-order valence-electron chi connectivity index (χ4n) is 3.20. The highest BCUT2D eigenvalue weighted by Crippen LogP contribution is 2.24. The van der Waals surface area contributed by atoms with Gasteiger partial charge in [-0.1, -0.05) is 17.2 Å². The van der Waals surface area contributed by atoms with Crippen LogP contribution in [0.1, 0.15) is 56.2 Å². The van der Waals surface area contributed by atoms with Gasteiger partial charge in [-0.2, -0.15) is 0 Å². The quantitative estimate of drug-likeness (QED) is 0.542. The van der Waals surface area contributed by atoms with Crippen LogP contribution in [0.2, 0.25) is 0 Å². The van der Waals surface area contributed by atoms with Crippen molar-refractivity contribution in [3.63, 3.8) is 0 Å². The zero-order valence-corrected chi connectivity index (χ0v) is 16.5. The SMILES string of the molecule is CC(C)=CCCC(C)=CCOc1ccc2oc3c(c(=O)c2c1)C(=O)CC(=O)C3. The van der Waals surface area contributed by atoms with E-state index in [0.717, 1.165) is 12.8 Å². The van der Waals surface area contributed by atoms with E-state index in [2.05, 4.69) is 26.8 Å². The molecule has 0 unspecified atom stereocenters. The first-order valence-electron chi connectivity index (χ1n) is 9.41. The van der Waals surface area contributed by atoms with Gasteiger partial charge in [0.1, 0.15) is 35.0 Å². The van der Waals surface area contributed by atoms with E-state index in [-0.39, 0.29) is 29.9 Å². The minimum Gasteiger partial charge on any atom is -0.490 e. The maximum Gasteiger partial charge on any atom is 0.203 e. The molecule has 0 saturated carbocycles. The molecule has 0 N–H and O–H groups in total. The Balaban J connectivity index is 1.77. The topological polar surface area (TPSA) is 73.6 Å². The molecule has 1 aliphatic carbocycles. The monoisotopic (exact) mass is 380 g/mol. The maximum absolute atomic E-state index is 12.7. The van der Waals surface area contributed by atoms with Crippen LogP contribution in [-0.2, 0) is 11.2 Å². The highest BCUT2D eigenvalue weighted by molar-refractivity contribution is 6.13. The van der Waals surface area contributed by atoms with E-state index >= 15 is 0 Å². The summed E-state index contributed by atoms with van der Waals surface area (Å²) in [6.07, 6.45) is 5.95. The predicted octanol–water partition coefficient (Wildman–Crippen LogP) is 4.56. The Labute approximate surface area is 163 Å². The lowest BCUT2D eigenvalue weighted by molar-refractivity contribution is -0.118. The molecule has 0 aliphatic heterocycles. The minimum absolute atomic E-state index is 0.000683. The smallest absolute Gasteiger partial charge is 0.203 e. The second-order valence-corrected chi connectivity index (χ2v) is 7.38. The van der Waals surface area contributed by atoms with Gasteiger partial charge in [-0.25, -0.2) is 0 Å². The van der Waals surface area contributed by atoms with Crippen LogP contribution < -0.4 is 10.2 Å². The standard InChI is InChI=1S/C23H24O5/c1-14(2)5-4-6-15(3)9-10-27-17-7-8-20-18(13-17)23(26)22-19(25)11-16(24)12-21(22)28-20/h5,7-9,13H,4,6,10-12H2,1-3H3. The number of carbonyl (C=O) groups excluding carboxylic acids is 2. The largest absolute Gasteiger partial charge is 0.490 e. The molecule has 5 heteroatoms. The Hall–Kier alpha value is -2.95. The molecular weight excluding hydrogens is 356 g/mol. The first-order chi connectivity index (χ1) is 13.3. The highest BCUT2D eigenvalue weighted by atomic mass is 16.5. The molecule has 28 heavy (non-hydrogen) atoms. The van der Waals surface area contributed by atoms with E-state index in [4.69, 9.17) is 9.15 Å². The second-order valence-electron chi connectivity index (χ2n) is 7.38. The van der Waals surface area contributed by atoms with Crippen LogP contribution in [0, 0.1) is 0 Å². The Morgan fingerprint density at radius 2 is 1.89 bits per heavy atom. The number of rotatable bonds is 6. The van der Waals surface area contributed by atoms with Gasteiger partial charge >= 0.3 is 0 Å². The van der Waals surface area contributed by atoms with Crippen LogP contribution in [-0.4, -0.2) is 18.2 Å². The first-order valence-corrected chi connectivity index (χ1v) is 9.41. The molecule has 5 nitrogen and oxygen atoms in total. The number of Topliss-reactive ketones (excluding diaryl/α,β-unsaturated/α-hetero) is 2.